The van der Waals surface area contributed by atoms with Crippen molar-refractivity contribution < 1.29 is 4.79 Å². The molecule has 5 rings (SSSR count). The average Bonchev–Trinajstić information content (AvgIpc) is 3.27. The molecule has 2 heterocycles. The lowest BCUT2D eigenvalue weighted by atomic mass is 10.2. The Kier molecular flexibility index (Phi) is 5.90. The summed E-state index contributed by atoms with van der Waals surface area (Å²) in [5, 5.41) is 12.4. The van der Waals surface area contributed by atoms with Gasteiger partial charge in [0.25, 0.3) is 5.56 Å². The van der Waals surface area contributed by atoms with Gasteiger partial charge in [-0.2, -0.15) is 0 Å². The first-order valence-corrected chi connectivity index (χ1v) is 11.8. The van der Waals surface area contributed by atoms with Crippen LogP contribution in [0.3, 0.4) is 0 Å². The molecule has 0 aliphatic carbocycles. The molecule has 0 radical (unpaired) electrons. The van der Waals surface area contributed by atoms with Crippen LogP contribution in [0.1, 0.15) is 18.1 Å². The summed E-state index contributed by atoms with van der Waals surface area (Å²) in [6.07, 6.45) is 0. The van der Waals surface area contributed by atoms with Crippen LogP contribution in [0, 0.1) is 6.92 Å². The Labute approximate surface area is 200 Å². The Bertz CT molecular complexity index is 1540. The number of fused-ring (bicyclic) bond motifs is 3. The largest absolute Gasteiger partial charge is 0.325 e. The third-order valence-electron chi connectivity index (χ3n) is 5.63. The van der Waals surface area contributed by atoms with Crippen molar-refractivity contribution in [2.45, 2.75) is 30.8 Å². The number of benzene rings is 3. The van der Waals surface area contributed by atoms with Crippen molar-refractivity contribution in [3.8, 4) is 0 Å². The van der Waals surface area contributed by atoms with Crippen LogP contribution in [-0.4, -0.2) is 30.3 Å². The van der Waals surface area contributed by atoms with E-state index in [0.29, 0.717) is 28.4 Å². The van der Waals surface area contributed by atoms with Gasteiger partial charge >= 0.3 is 0 Å². The second-order valence-electron chi connectivity index (χ2n) is 8.13. The maximum atomic E-state index is 13.3. The minimum absolute atomic E-state index is 0.124. The third-order valence-corrected chi connectivity index (χ3v) is 6.67. The van der Waals surface area contributed by atoms with Crippen molar-refractivity contribution in [3.05, 3.63) is 100 Å². The van der Waals surface area contributed by atoms with Gasteiger partial charge in [0.1, 0.15) is 0 Å². The summed E-state index contributed by atoms with van der Waals surface area (Å²) in [7, 11) is 0. The van der Waals surface area contributed by atoms with Crippen molar-refractivity contribution in [1.29, 1.82) is 0 Å². The van der Waals surface area contributed by atoms with E-state index in [1.807, 2.05) is 91.0 Å². The fraction of sp³-hybridized carbons (Fsp3) is 0.154. The van der Waals surface area contributed by atoms with Gasteiger partial charge in [-0.15, -0.1) is 10.2 Å². The van der Waals surface area contributed by atoms with Crippen LogP contribution >= 0.6 is 11.8 Å². The summed E-state index contributed by atoms with van der Waals surface area (Å²) in [6, 6.07) is 24.9. The van der Waals surface area contributed by atoms with Crippen molar-refractivity contribution in [3.63, 3.8) is 0 Å². The monoisotopic (exact) mass is 469 g/mol. The first-order valence-electron chi connectivity index (χ1n) is 11.0. The molecule has 1 amide bonds. The number of hydrogen-bond acceptors (Lipinski definition) is 5. The van der Waals surface area contributed by atoms with Gasteiger partial charge in [-0.1, -0.05) is 71.9 Å². The topological polar surface area (TPSA) is 81.3 Å². The molecule has 0 spiro atoms. The molecule has 7 nitrogen and oxygen atoms in total. The Morgan fingerprint density at radius 3 is 2.44 bits per heavy atom. The molecule has 0 fully saturated rings. The fourth-order valence-corrected chi connectivity index (χ4v) is 4.67. The van der Waals surface area contributed by atoms with E-state index in [2.05, 4.69) is 15.5 Å². The summed E-state index contributed by atoms with van der Waals surface area (Å²) < 4.78 is 3.49. The van der Waals surface area contributed by atoms with Crippen LogP contribution in [0.15, 0.2) is 88.8 Å². The highest BCUT2D eigenvalue weighted by molar-refractivity contribution is 8.00. The van der Waals surface area contributed by atoms with E-state index < -0.39 is 5.25 Å². The quantitative estimate of drug-likeness (QED) is 0.370. The molecule has 1 N–H and O–H groups in total. The zero-order chi connectivity index (χ0) is 23.7. The van der Waals surface area contributed by atoms with Gasteiger partial charge in [-0.3, -0.25) is 18.6 Å². The number of aryl methyl sites for hydroxylation is 1. The number of carbonyl (C=O) groups is 1. The number of hydrogen-bond donors (Lipinski definition) is 1. The Hall–Kier alpha value is -3.91. The number of anilines is 1. The molecule has 0 aliphatic heterocycles. The number of nitrogens with one attached hydrogen (secondary N) is 1. The van der Waals surface area contributed by atoms with Gasteiger partial charge < -0.3 is 5.32 Å². The molecule has 0 saturated carbocycles. The van der Waals surface area contributed by atoms with E-state index in [9.17, 15) is 9.59 Å². The first-order chi connectivity index (χ1) is 16.5. The number of carbonyl (C=O) groups excluding carboxylic acids is 1. The van der Waals surface area contributed by atoms with Crippen molar-refractivity contribution in [2.75, 3.05) is 5.32 Å². The molecule has 3 aromatic carbocycles. The average molecular weight is 470 g/mol. The number of amides is 1. The van der Waals surface area contributed by atoms with Gasteiger partial charge in [0.15, 0.2) is 5.16 Å². The normalized spacial score (nSPS) is 12.2. The first kappa shape index (κ1) is 21.9. The van der Waals surface area contributed by atoms with Crippen LogP contribution in [0.2, 0.25) is 0 Å². The van der Waals surface area contributed by atoms with Crippen LogP contribution < -0.4 is 10.9 Å². The molecule has 0 bridgehead atoms. The third kappa shape index (κ3) is 4.20. The van der Waals surface area contributed by atoms with Crippen molar-refractivity contribution >= 4 is 40.0 Å². The van der Waals surface area contributed by atoms with E-state index >= 15 is 0 Å². The molecule has 5 aromatic rings. The number of nitrogens with zero attached hydrogens (tertiary/aromatic N) is 4. The van der Waals surface area contributed by atoms with Crippen LogP contribution in [0.25, 0.3) is 16.7 Å². The molecule has 170 valence electrons. The van der Waals surface area contributed by atoms with E-state index in [1.165, 1.54) is 11.8 Å². The highest BCUT2D eigenvalue weighted by Gasteiger charge is 2.21. The van der Waals surface area contributed by atoms with Crippen LogP contribution in [0.5, 0.6) is 0 Å². The van der Waals surface area contributed by atoms with Gasteiger partial charge in [-0.05, 0) is 43.7 Å². The van der Waals surface area contributed by atoms with E-state index in [0.717, 1.165) is 16.8 Å². The van der Waals surface area contributed by atoms with Gasteiger partial charge in [0, 0.05) is 5.69 Å². The fourth-order valence-electron chi connectivity index (χ4n) is 3.81. The lowest BCUT2D eigenvalue weighted by molar-refractivity contribution is -0.115. The zero-order valence-electron chi connectivity index (χ0n) is 18.8. The van der Waals surface area contributed by atoms with E-state index in [-0.39, 0.29) is 11.5 Å². The molecular formula is C26H23N5O2S. The van der Waals surface area contributed by atoms with E-state index in [4.69, 9.17) is 0 Å². The summed E-state index contributed by atoms with van der Waals surface area (Å²) in [5.41, 5.74) is 3.46. The molecule has 8 heteroatoms. The standard InChI is InChI=1S/C26H23N5O2S/c1-17-12-14-20(15-13-17)27-23(32)18(2)34-26-29-28-25-30(16-19-8-4-3-5-9-19)24(33)21-10-6-7-11-22(21)31(25)26/h3-15,18H,16H2,1-2H3,(H,27,32). The van der Waals surface area contributed by atoms with Crippen LogP contribution in [-0.2, 0) is 11.3 Å². The highest BCUT2D eigenvalue weighted by atomic mass is 32.2. The Morgan fingerprint density at radius 2 is 1.68 bits per heavy atom. The lowest BCUT2D eigenvalue weighted by Crippen LogP contribution is -2.24. The minimum atomic E-state index is -0.429. The Morgan fingerprint density at radius 1 is 0.971 bits per heavy atom. The predicted molar refractivity (Wildman–Crippen MR) is 135 cm³/mol. The number of aromatic nitrogens is 4. The minimum Gasteiger partial charge on any atom is -0.325 e. The van der Waals surface area contributed by atoms with Crippen molar-refractivity contribution in [1.82, 2.24) is 19.2 Å². The maximum Gasteiger partial charge on any atom is 0.263 e. The molecule has 1 unspecified atom stereocenters. The maximum absolute atomic E-state index is 13.3. The van der Waals surface area contributed by atoms with Gasteiger partial charge in [0.2, 0.25) is 11.7 Å². The predicted octanol–water partition coefficient (Wildman–Crippen LogP) is 4.52. The van der Waals surface area contributed by atoms with Crippen molar-refractivity contribution in [2.24, 2.45) is 0 Å². The smallest absolute Gasteiger partial charge is 0.263 e. The number of rotatable bonds is 6. The van der Waals surface area contributed by atoms with E-state index in [1.54, 1.807) is 10.6 Å². The molecule has 0 saturated heterocycles. The molecule has 2 aromatic heterocycles. The molecule has 1 atom stereocenters. The van der Waals surface area contributed by atoms with Gasteiger partial charge in [0.05, 0.1) is 22.7 Å². The number of thioether (sulfide) groups is 1. The summed E-state index contributed by atoms with van der Waals surface area (Å²) in [5.74, 6) is 0.314. The van der Waals surface area contributed by atoms with Crippen LogP contribution in [0.4, 0.5) is 5.69 Å². The summed E-state index contributed by atoms with van der Waals surface area (Å²) in [6.45, 7) is 4.21. The molecule has 34 heavy (non-hydrogen) atoms. The second kappa shape index (κ2) is 9.15. The van der Waals surface area contributed by atoms with Gasteiger partial charge in [-0.25, -0.2) is 0 Å². The number of para-hydroxylation sites is 1. The second-order valence-corrected chi connectivity index (χ2v) is 9.44. The molecular weight excluding hydrogens is 446 g/mol. The summed E-state index contributed by atoms with van der Waals surface area (Å²) in [4.78, 5) is 26.2. The Balaban J connectivity index is 1.53. The lowest BCUT2D eigenvalue weighted by Gasteiger charge is -2.13. The highest BCUT2D eigenvalue weighted by Crippen LogP contribution is 2.26. The SMILES string of the molecule is Cc1ccc(NC(=O)C(C)Sc2nnc3n(Cc4ccccc4)c(=O)c4ccccc4n23)cc1. The zero-order valence-corrected chi connectivity index (χ0v) is 19.6. The molecule has 0 aliphatic rings. The summed E-state index contributed by atoms with van der Waals surface area (Å²) >= 11 is 1.31.